The van der Waals surface area contributed by atoms with Crippen molar-refractivity contribution in [3.8, 4) is 5.75 Å². The van der Waals surface area contributed by atoms with Crippen molar-refractivity contribution in [1.29, 1.82) is 0 Å². The number of esters is 1. The number of para-hydroxylation sites is 1. The van der Waals surface area contributed by atoms with Crippen LogP contribution in [-0.2, 0) is 23.4 Å². The Balaban J connectivity index is 1.84. The molecule has 0 radical (unpaired) electrons. The minimum absolute atomic E-state index is 0.0359. The number of nitrogens with two attached hydrogens (primary N) is 1. The van der Waals surface area contributed by atoms with E-state index in [1.165, 1.54) is 38.2 Å². The van der Waals surface area contributed by atoms with E-state index in [2.05, 4.69) is 20.1 Å². The van der Waals surface area contributed by atoms with Gasteiger partial charge in [0.2, 0.25) is 0 Å². The van der Waals surface area contributed by atoms with Crippen molar-refractivity contribution in [3.05, 3.63) is 63.5 Å². The predicted octanol–water partition coefficient (Wildman–Crippen LogP) is 2.53. The Hall–Kier alpha value is -3.45. The van der Waals surface area contributed by atoms with Crippen LogP contribution in [0.15, 0.2) is 52.5 Å². The maximum Gasteiger partial charge on any atom is 0.459 e. The summed E-state index contributed by atoms with van der Waals surface area (Å²) in [6.45, 7) is 6.18. The lowest BCUT2D eigenvalue weighted by Gasteiger charge is -2.28. The molecule has 212 valence electrons. The van der Waals surface area contributed by atoms with Crippen LogP contribution in [0.25, 0.3) is 10.4 Å². The Kier molecular flexibility index (Phi) is 9.73. The van der Waals surface area contributed by atoms with Crippen LogP contribution in [0.1, 0.15) is 33.9 Å². The van der Waals surface area contributed by atoms with Crippen LogP contribution < -0.4 is 21.0 Å². The Morgan fingerprint density at radius 1 is 1.36 bits per heavy atom. The Morgan fingerprint density at radius 2 is 2.05 bits per heavy atom. The van der Waals surface area contributed by atoms with Gasteiger partial charge in [0, 0.05) is 11.1 Å². The van der Waals surface area contributed by atoms with E-state index in [9.17, 15) is 19.3 Å². The molecule has 15 nitrogen and oxygen atoms in total. The number of ether oxygens (including phenoxy) is 2. The second-order valence-corrected chi connectivity index (χ2v) is 11.2. The van der Waals surface area contributed by atoms with E-state index in [1.807, 2.05) is 13.8 Å². The van der Waals surface area contributed by atoms with Crippen molar-refractivity contribution in [3.63, 3.8) is 0 Å². The number of aliphatic hydroxyl groups excluding tert-OH is 1. The molecule has 0 spiro atoms. The van der Waals surface area contributed by atoms with E-state index in [0.717, 1.165) is 4.57 Å². The Labute approximate surface area is 224 Å². The highest BCUT2D eigenvalue weighted by Crippen LogP contribution is 2.47. The second-order valence-electron chi connectivity index (χ2n) is 9.50. The van der Waals surface area contributed by atoms with Crippen molar-refractivity contribution in [2.24, 2.45) is 11.0 Å². The second kappa shape index (κ2) is 12.6. The first-order chi connectivity index (χ1) is 18.4. The molecule has 2 aromatic rings. The highest BCUT2D eigenvalue weighted by Gasteiger charge is 2.55. The fraction of sp³-hybridized carbons (Fsp3) is 0.522. The van der Waals surface area contributed by atoms with Crippen LogP contribution in [0.4, 0.5) is 5.82 Å². The van der Waals surface area contributed by atoms with Gasteiger partial charge in [-0.15, -0.1) is 0 Å². The third kappa shape index (κ3) is 7.35. The topological polar surface area (TPSA) is 213 Å². The number of hydrogen-bond acceptors (Lipinski definition) is 11. The van der Waals surface area contributed by atoms with Crippen LogP contribution >= 0.6 is 7.75 Å². The summed E-state index contributed by atoms with van der Waals surface area (Å²) >= 11 is 0. The van der Waals surface area contributed by atoms with Gasteiger partial charge in [0.15, 0.2) is 6.23 Å². The molecule has 6 atom stereocenters. The lowest BCUT2D eigenvalue weighted by molar-refractivity contribution is -0.146. The quantitative estimate of drug-likeness (QED) is 0.112. The van der Waals surface area contributed by atoms with E-state index in [0.29, 0.717) is 0 Å². The van der Waals surface area contributed by atoms with Gasteiger partial charge in [-0.2, -0.15) is 10.1 Å². The molecule has 2 heterocycles. The van der Waals surface area contributed by atoms with E-state index in [1.54, 1.807) is 18.2 Å². The summed E-state index contributed by atoms with van der Waals surface area (Å²) in [7, 11) is -4.29. The fourth-order valence-corrected chi connectivity index (χ4v) is 5.23. The number of azide groups is 1. The average molecular weight is 566 g/mol. The molecule has 1 saturated heterocycles. The molecule has 0 amide bonds. The van der Waals surface area contributed by atoms with E-state index < -0.39 is 56.0 Å². The number of carbonyl (C=O) groups excluding carboxylic acids is 1. The number of hydrogen-bond donors (Lipinski definition) is 3. The number of rotatable bonds is 12. The average Bonchev–Trinajstić information content (AvgIpc) is 3.11. The highest BCUT2D eigenvalue weighted by molar-refractivity contribution is 7.52. The minimum atomic E-state index is -4.29. The van der Waals surface area contributed by atoms with E-state index in [4.69, 9.17) is 29.8 Å². The zero-order chi connectivity index (χ0) is 28.8. The summed E-state index contributed by atoms with van der Waals surface area (Å²) < 4.78 is 37.1. The van der Waals surface area contributed by atoms with Gasteiger partial charge < -0.3 is 24.8 Å². The summed E-state index contributed by atoms with van der Waals surface area (Å²) in [5.41, 5.74) is 12.2. The SMILES string of the molecule is CC(C)COC(=O)[C@H](C)NP(=O)(OC[C@H]1O[C@@H](n2ccc(N)nc2=O)[C@](C)(N=[N+]=[N-])[C@@H]1O)Oc1ccccc1. The van der Waals surface area contributed by atoms with Gasteiger partial charge in [-0.1, -0.05) is 37.2 Å². The van der Waals surface area contributed by atoms with Crippen molar-refractivity contribution in [2.75, 3.05) is 18.9 Å². The van der Waals surface area contributed by atoms with Gasteiger partial charge in [0.25, 0.3) is 0 Å². The normalized spacial score (nSPS) is 24.9. The number of benzene rings is 1. The van der Waals surface area contributed by atoms with Crippen LogP contribution in [0, 0.1) is 5.92 Å². The number of nitrogens with one attached hydrogen (secondary N) is 1. The molecule has 1 unspecified atom stereocenters. The molecule has 0 saturated carbocycles. The summed E-state index contributed by atoms with van der Waals surface area (Å²) in [4.78, 5) is 31.3. The lowest BCUT2D eigenvalue weighted by Crippen LogP contribution is -2.45. The highest BCUT2D eigenvalue weighted by atomic mass is 31.2. The number of nitrogen functional groups attached to an aromatic ring is 1. The Bertz CT molecular complexity index is 1300. The molecule has 1 fully saturated rings. The smallest absolute Gasteiger partial charge is 0.459 e. The molecule has 1 aliphatic rings. The number of nitrogens with zero attached hydrogens (tertiary/aromatic N) is 5. The molecule has 0 aliphatic carbocycles. The van der Waals surface area contributed by atoms with Gasteiger partial charge in [-0.25, -0.2) is 9.36 Å². The summed E-state index contributed by atoms with van der Waals surface area (Å²) in [6.07, 6.45) is -2.77. The predicted molar refractivity (Wildman–Crippen MR) is 139 cm³/mol. The maximum atomic E-state index is 13.8. The maximum absolute atomic E-state index is 13.8. The monoisotopic (exact) mass is 565 g/mol. The Morgan fingerprint density at radius 3 is 2.67 bits per heavy atom. The number of aliphatic hydroxyl groups is 1. The van der Waals surface area contributed by atoms with Crippen molar-refractivity contribution in [2.45, 2.75) is 57.7 Å². The first-order valence-corrected chi connectivity index (χ1v) is 13.6. The molecular weight excluding hydrogens is 533 g/mol. The molecule has 1 aromatic carbocycles. The van der Waals surface area contributed by atoms with Gasteiger partial charge in [0.1, 0.15) is 29.3 Å². The molecule has 0 bridgehead atoms. The standard InChI is InChI=1S/C23H32N7O8P/c1-14(2)12-35-20(32)15(3)27-39(34,38-16-8-6-5-7-9-16)36-13-17-19(31)23(4,28-29-25)21(37-17)30-11-10-18(24)26-22(30)33/h5-11,14-15,17,19,21,31H,12-13H2,1-4H3,(H,27,34)(H2,24,26,33)/t15-,17+,19+,21+,23+,39?/m0/s1. The first kappa shape index (κ1) is 30.1. The van der Waals surface area contributed by atoms with Gasteiger partial charge in [-0.3, -0.25) is 13.9 Å². The largest absolute Gasteiger partial charge is 0.464 e. The third-order valence-corrected chi connectivity index (χ3v) is 7.40. The number of carbonyl (C=O) groups is 1. The van der Waals surface area contributed by atoms with Crippen LogP contribution in [0.5, 0.6) is 5.75 Å². The molecule has 16 heteroatoms. The minimum Gasteiger partial charge on any atom is -0.464 e. The summed E-state index contributed by atoms with van der Waals surface area (Å²) in [5.74, 6) is -0.438. The van der Waals surface area contributed by atoms with Crippen LogP contribution in [0.2, 0.25) is 0 Å². The van der Waals surface area contributed by atoms with Gasteiger partial charge >= 0.3 is 19.4 Å². The zero-order valence-electron chi connectivity index (χ0n) is 21.9. The molecule has 1 aliphatic heterocycles. The van der Waals surface area contributed by atoms with Crippen molar-refractivity contribution < 1.29 is 33.0 Å². The molecule has 39 heavy (non-hydrogen) atoms. The molecule has 1 aromatic heterocycles. The van der Waals surface area contributed by atoms with E-state index in [-0.39, 0.29) is 24.1 Å². The van der Waals surface area contributed by atoms with Crippen molar-refractivity contribution in [1.82, 2.24) is 14.6 Å². The van der Waals surface area contributed by atoms with Gasteiger partial charge in [0.05, 0.1) is 19.3 Å². The summed E-state index contributed by atoms with van der Waals surface area (Å²) in [5, 5.41) is 17.3. The first-order valence-electron chi connectivity index (χ1n) is 12.1. The lowest BCUT2D eigenvalue weighted by atomic mass is 9.93. The van der Waals surface area contributed by atoms with Crippen LogP contribution in [0.3, 0.4) is 0 Å². The molecular formula is C23H32N7O8P. The third-order valence-electron chi connectivity index (χ3n) is 5.76. The van der Waals surface area contributed by atoms with Crippen LogP contribution in [-0.4, -0.2) is 57.6 Å². The molecule has 3 rings (SSSR count). The number of anilines is 1. The summed E-state index contributed by atoms with van der Waals surface area (Å²) in [6, 6.07) is 8.35. The van der Waals surface area contributed by atoms with Crippen molar-refractivity contribution >= 4 is 19.5 Å². The zero-order valence-corrected chi connectivity index (χ0v) is 22.8. The van der Waals surface area contributed by atoms with Gasteiger partial charge in [-0.05, 0) is 43.5 Å². The number of aromatic nitrogens is 2. The van der Waals surface area contributed by atoms with E-state index >= 15 is 0 Å². The molecule has 4 N–H and O–H groups in total. The fourth-order valence-electron chi connectivity index (χ4n) is 3.73.